The summed E-state index contributed by atoms with van der Waals surface area (Å²) in [4.78, 5) is 34.6. The van der Waals surface area contributed by atoms with E-state index in [1.54, 1.807) is 24.3 Å². The number of carbonyl (C=O) groups is 3. The van der Waals surface area contributed by atoms with Crippen LogP contribution in [-0.2, 0) is 14.3 Å². The summed E-state index contributed by atoms with van der Waals surface area (Å²) in [6.07, 6.45) is 0. The van der Waals surface area contributed by atoms with Gasteiger partial charge in [-0.2, -0.15) is 0 Å². The lowest BCUT2D eigenvalue weighted by atomic mass is 10.0. The molecule has 0 fully saturated rings. The SMILES string of the molecule is COC(=O)c1ccc(NC(=O)[C@H](NC(C)=O)C(C)C)cc1. The summed E-state index contributed by atoms with van der Waals surface area (Å²) < 4.78 is 4.60. The molecule has 1 rings (SSSR count). The maximum Gasteiger partial charge on any atom is 0.337 e. The quantitative estimate of drug-likeness (QED) is 0.807. The maximum absolute atomic E-state index is 12.1. The van der Waals surface area contributed by atoms with Crippen molar-refractivity contribution in [3.05, 3.63) is 29.8 Å². The molecule has 1 aromatic carbocycles. The molecule has 0 bridgehead atoms. The summed E-state index contributed by atoms with van der Waals surface area (Å²) in [5.74, 6) is -1.04. The first-order valence-electron chi connectivity index (χ1n) is 6.61. The van der Waals surface area contributed by atoms with Crippen LogP contribution in [0, 0.1) is 5.92 Å². The summed E-state index contributed by atoms with van der Waals surface area (Å²) in [5.41, 5.74) is 0.946. The highest BCUT2D eigenvalue weighted by atomic mass is 16.5. The second-order valence-corrected chi connectivity index (χ2v) is 4.98. The molecule has 2 N–H and O–H groups in total. The molecule has 0 spiro atoms. The summed E-state index contributed by atoms with van der Waals surface area (Å²) in [6.45, 7) is 5.06. The predicted octanol–water partition coefficient (Wildman–Crippen LogP) is 1.57. The van der Waals surface area contributed by atoms with E-state index in [1.807, 2.05) is 13.8 Å². The number of rotatable bonds is 5. The summed E-state index contributed by atoms with van der Waals surface area (Å²) in [6, 6.07) is 5.72. The van der Waals surface area contributed by atoms with Gasteiger partial charge in [0, 0.05) is 12.6 Å². The van der Waals surface area contributed by atoms with Gasteiger partial charge in [0.15, 0.2) is 0 Å². The molecule has 0 saturated carbocycles. The van der Waals surface area contributed by atoms with Crippen LogP contribution in [0.25, 0.3) is 0 Å². The molecule has 1 aromatic rings. The highest BCUT2D eigenvalue weighted by Gasteiger charge is 2.23. The molecule has 114 valence electrons. The average molecular weight is 292 g/mol. The number of carbonyl (C=O) groups excluding carboxylic acids is 3. The van der Waals surface area contributed by atoms with Gasteiger partial charge in [0.05, 0.1) is 12.7 Å². The number of nitrogens with one attached hydrogen (secondary N) is 2. The molecule has 1 atom stereocenters. The van der Waals surface area contributed by atoms with Gasteiger partial charge in [0.2, 0.25) is 11.8 Å². The molecule has 0 heterocycles. The topological polar surface area (TPSA) is 84.5 Å². The lowest BCUT2D eigenvalue weighted by molar-refractivity contribution is -0.126. The number of hydrogen-bond acceptors (Lipinski definition) is 4. The molecule has 0 unspecified atom stereocenters. The lowest BCUT2D eigenvalue weighted by Crippen LogP contribution is -2.46. The third-order valence-electron chi connectivity index (χ3n) is 2.88. The number of methoxy groups -OCH3 is 1. The summed E-state index contributed by atoms with van der Waals surface area (Å²) in [7, 11) is 1.30. The van der Waals surface area contributed by atoms with Crippen LogP contribution in [-0.4, -0.2) is 30.9 Å². The predicted molar refractivity (Wildman–Crippen MR) is 78.9 cm³/mol. The van der Waals surface area contributed by atoms with Gasteiger partial charge in [-0.3, -0.25) is 9.59 Å². The average Bonchev–Trinajstić information content (AvgIpc) is 2.44. The standard InChI is InChI=1S/C15H20N2O4/c1-9(2)13(16-10(3)18)14(19)17-12-7-5-11(6-8-12)15(20)21-4/h5-9,13H,1-4H3,(H,16,18)(H,17,19)/t13-/m1/s1. The highest BCUT2D eigenvalue weighted by Crippen LogP contribution is 2.12. The van der Waals surface area contributed by atoms with Gasteiger partial charge in [-0.05, 0) is 30.2 Å². The number of ether oxygens (including phenoxy) is 1. The van der Waals surface area contributed by atoms with Crippen molar-refractivity contribution in [1.82, 2.24) is 5.32 Å². The zero-order valence-electron chi connectivity index (χ0n) is 12.6. The second kappa shape index (κ2) is 7.42. The van der Waals surface area contributed by atoms with E-state index >= 15 is 0 Å². The molecule has 0 aliphatic heterocycles. The van der Waals surface area contributed by atoms with Crippen molar-refractivity contribution in [2.75, 3.05) is 12.4 Å². The van der Waals surface area contributed by atoms with E-state index < -0.39 is 12.0 Å². The van der Waals surface area contributed by atoms with Crippen molar-refractivity contribution in [1.29, 1.82) is 0 Å². The Hall–Kier alpha value is -2.37. The second-order valence-electron chi connectivity index (χ2n) is 4.98. The zero-order valence-corrected chi connectivity index (χ0v) is 12.6. The van der Waals surface area contributed by atoms with E-state index in [0.29, 0.717) is 11.3 Å². The maximum atomic E-state index is 12.1. The summed E-state index contributed by atoms with van der Waals surface area (Å²) in [5, 5.41) is 5.32. The van der Waals surface area contributed by atoms with E-state index in [2.05, 4.69) is 15.4 Å². The van der Waals surface area contributed by atoms with Crippen LogP contribution in [0.1, 0.15) is 31.1 Å². The third-order valence-corrected chi connectivity index (χ3v) is 2.88. The van der Waals surface area contributed by atoms with E-state index in [0.717, 1.165) is 0 Å². The van der Waals surface area contributed by atoms with Gasteiger partial charge in [-0.1, -0.05) is 13.8 Å². The van der Waals surface area contributed by atoms with Crippen LogP contribution in [0.2, 0.25) is 0 Å². The van der Waals surface area contributed by atoms with E-state index in [-0.39, 0.29) is 17.7 Å². The van der Waals surface area contributed by atoms with Crippen molar-refractivity contribution < 1.29 is 19.1 Å². The summed E-state index contributed by atoms with van der Waals surface area (Å²) >= 11 is 0. The van der Waals surface area contributed by atoms with Crippen LogP contribution in [0.3, 0.4) is 0 Å². The van der Waals surface area contributed by atoms with Crippen molar-refractivity contribution in [3.63, 3.8) is 0 Å². The molecular formula is C15H20N2O4. The fraction of sp³-hybridized carbons (Fsp3) is 0.400. The first kappa shape index (κ1) is 16.7. The molecule has 0 aliphatic carbocycles. The van der Waals surface area contributed by atoms with E-state index in [4.69, 9.17) is 0 Å². The van der Waals surface area contributed by atoms with Crippen molar-refractivity contribution in [2.24, 2.45) is 5.92 Å². The minimum atomic E-state index is -0.609. The Morgan fingerprint density at radius 3 is 2.10 bits per heavy atom. The van der Waals surface area contributed by atoms with Crippen molar-refractivity contribution in [2.45, 2.75) is 26.8 Å². The van der Waals surface area contributed by atoms with Crippen LogP contribution in [0.5, 0.6) is 0 Å². The zero-order chi connectivity index (χ0) is 16.0. The van der Waals surface area contributed by atoms with Crippen LogP contribution in [0.15, 0.2) is 24.3 Å². The molecule has 0 radical (unpaired) electrons. The number of hydrogen-bond donors (Lipinski definition) is 2. The molecule has 6 nitrogen and oxygen atoms in total. The smallest absolute Gasteiger partial charge is 0.337 e. The first-order valence-corrected chi connectivity index (χ1v) is 6.61. The van der Waals surface area contributed by atoms with Crippen LogP contribution >= 0.6 is 0 Å². The number of benzene rings is 1. The number of anilines is 1. The fourth-order valence-corrected chi connectivity index (χ4v) is 1.78. The molecule has 0 saturated heterocycles. The molecular weight excluding hydrogens is 272 g/mol. The fourth-order valence-electron chi connectivity index (χ4n) is 1.78. The third kappa shape index (κ3) is 4.91. The number of esters is 1. The Labute approximate surface area is 123 Å². The van der Waals surface area contributed by atoms with Gasteiger partial charge in [-0.25, -0.2) is 4.79 Å². The molecule has 2 amide bonds. The monoisotopic (exact) mass is 292 g/mol. The Morgan fingerprint density at radius 2 is 1.67 bits per heavy atom. The van der Waals surface area contributed by atoms with Crippen LogP contribution in [0.4, 0.5) is 5.69 Å². The minimum Gasteiger partial charge on any atom is -0.465 e. The van der Waals surface area contributed by atoms with Crippen molar-refractivity contribution >= 4 is 23.5 Å². The molecule has 21 heavy (non-hydrogen) atoms. The normalized spacial score (nSPS) is 11.7. The Balaban J connectivity index is 2.77. The van der Waals surface area contributed by atoms with Gasteiger partial charge in [-0.15, -0.1) is 0 Å². The lowest BCUT2D eigenvalue weighted by Gasteiger charge is -2.20. The minimum absolute atomic E-state index is 0.0387. The van der Waals surface area contributed by atoms with Gasteiger partial charge < -0.3 is 15.4 Å². The first-order chi connectivity index (χ1) is 9.85. The van der Waals surface area contributed by atoms with E-state index in [9.17, 15) is 14.4 Å². The number of amides is 2. The van der Waals surface area contributed by atoms with Gasteiger partial charge in [0.25, 0.3) is 0 Å². The van der Waals surface area contributed by atoms with E-state index in [1.165, 1.54) is 14.0 Å². The molecule has 0 aromatic heterocycles. The van der Waals surface area contributed by atoms with Crippen molar-refractivity contribution in [3.8, 4) is 0 Å². The highest BCUT2D eigenvalue weighted by molar-refractivity contribution is 5.97. The Kier molecular flexibility index (Phi) is 5.90. The largest absolute Gasteiger partial charge is 0.465 e. The Bertz CT molecular complexity index is 523. The molecule has 0 aliphatic rings. The molecule has 6 heteroatoms. The Morgan fingerprint density at radius 1 is 1.10 bits per heavy atom. The van der Waals surface area contributed by atoms with Gasteiger partial charge in [0.1, 0.15) is 6.04 Å². The van der Waals surface area contributed by atoms with Gasteiger partial charge >= 0.3 is 5.97 Å². The van der Waals surface area contributed by atoms with Crippen LogP contribution < -0.4 is 10.6 Å².